The van der Waals surface area contributed by atoms with E-state index in [9.17, 15) is 4.79 Å². The maximum absolute atomic E-state index is 12.4. The van der Waals surface area contributed by atoms with Crippen LogP contribution in [0.2, 0.25) is 0 Å². The molecular formula is C17H17N5O2. The number of hydrogen-bond acceptors (Lipinski definition) is 6. The number of rotatable bonds is 5. The van der Waals surface area contributed by atoms with Crippen molar-refractivity contribution in [3.05, 3.63) is 54.0 Å². The molecule has 0 unspecified atom stereocenters. The van der Waals surface area contributed by atoms with Crippen LogP contribution >= 0.6 is 0 Å². The lowest BCUT2D eigenvalue weighted by Crippen LogP contribution is -2.14. The van der Waals surface area contributed by atoms with Gasteiger partial charge in [-0.1, -0.05) is 23.8 Å². The number of carbonyl (C=O) groups is 1. The first-order valence-electron chi connectivity index (χ1n) is 7.48. The molecule has 0 saturated carbocycles. The molecule has 0 aliphatic rings. The molecule has 2 heterocycles. The second-order valence-corrected chi connectivity index (χ2v) is 5.39. The highest BCUT2D eigenvalue weighted by Crippen LogP contribution is 2.17. The summed E-state index contributed by atoms with van der Waals surface area (Å²) in [7, 11) is 0. The number of para-hydroxylation sites is 1. The smallest absolute Gasteiger partial charge is 0.348 e. The molecule has 0 bridgehead atoms. The molecule has 0 atom stereocenters. The Bertz CT molecular complexity index is 897. The summed E-state index contributed by atoms with van der Waals surface area (Å²) in [5, 5.41) is 3.20. The van der Waals surface area contributed by atoms with Crippen molar-refractivity contribution < 1.29 is 9.53 Å². The monoisotopic (exact) mass is 323 g/mol. The summed E-state index contributed by atoms with van der Waals surface area (Å²) in [6.45, 7) is 4.66. The fourth-order valence-corrected chi connectivity index (χ4v) is 2.09. The van der Waals surface area contributed by atoms with Crippen LogP contribution in [0.25, 0.3) is 11.2 Å². The normalized spacial score (nSPS) is 10.4. The van der Waals surface area contributed by atoms with Gasteiger partial charge in [0.1, 0.15) is 5.52 Å². The van der Waals surface area contributed by atoms with Gasteiger partial charge in [-0.2, -0.15) is 4.98 Å². The van der Waals surface area contributed by atoms with Crippen molar-refractivity contribution in [2.75, 3.05) is 11.9 Å². The molecule has 0 saturated heterocycles. The summed E-state index contributed by atoms with van der Waals surface area (Å²) in [5.74, 6) is -0.523. The van der Waals surface area contributed by atoms with E-state index >= 15 is 0 Å². The predicted octanol–water partition coefficient (Wildman–Crippen LogP) is 2.95. The van der Waals surface area contributed by atoms with Crippen molar-refractivity contribution in [2.24, 2.45) is 0 Å². The lowest BCUT2D eigenvalue weighted by molar-refractivity contribution is 0.0721. The highest BCUT2D eigenvalue weighted by Gasteiger charge is 2.15. The zero-order valence-corrected chi connectivity index (χ0v) is 13.4. The minimum atomic E-state index is -0.523. The third-order valence-corrected chi connectivity index (χ3v) is 3.29. The number of H-pyrrole nitrogens is 1. The molecule has 2 aromatic heterocycles. The lowest BCUT2D eigenvalue weighted by atomic mass is 10.2. The maximum atomic E-state index is 12.4. The van der Waals surface area contributed by atoms with Crippen LogP contribution in [0.4, 0.5) is 5.69 Å². The fraction of sp³-hybridized carbons (Fsp3) is 0.176. The van der Waals surface area contributed by atoms with Crippen molar-refractivity contribution >= 4 is 22.8 Å². The molecule has 24 heavy (non-hydrogen) atoms. The van der Waals surface area contributed by atoms with Gasteiger partial charge in [0, 0.05) is 12.2 Å². The van der Waals surface area contributed by atoms with E-state index in [1.54, 1.807) is 12.1 Å². The number of allylic oxidation sites excluding steroid dienone is 1. The highest BCUT2D eigenvalue weighted by atomic mass is 16.5. The molecule has 0 amide bonds. The van der Waals surface area contributed by atoms with Crippen molar-refractivity contribution in [3.8, 4) is 6.01 Å². The summed E-state index contributed by atoms with van der Waals surface area (Å²) < 4.78 is 5.28. The Morgan fingerprint density at radius 3 is 2.96 bits per heavy atom. The molecule has 3 rings (SSSR count). The van der Waals surface area contributed by atoms with Crippen LogP contribution in [0.5, 0.6) is 6.01 Å². The predicted molar refractivity (Wildman–Crippen MR) is 91.0 cm³/mol. The minimum Gasteiger partial charge on any atom is -0.387 e. The van der Waals surface area contributed by atoms with E-state index in [2.05, 4.69) is 25.3 Å². The summed E-state index contributed by atoms with van der Waals surface area (Å²) in [6.07, 6.45) is 5.07. The number of nitrogens with zero attached hydrogens (tertiary/aromatic N) is 3. The van der Waals surface area contributed by atoms with Gasteiger partial charge in [0.05, 0.1) is 18.1 Å². The van der Waals surface area contributed by atoms with E-state index in [1.165, 1.54) is 18.1 Å². The van der Waals surface area contributed by atoms with Crippen LogP contribution in [-0.2, 0) is 0 Å². The maximum Gasteiger partial charge on any atom is 0.348 e. The third kappa shape index (κ3) is 3.57. The SMILES string of the molecule is CC(C)=CCNc1ccccc1C(=O)Oc1ncc2[nH]cnc2n1. The molecular weight excluding hydrogens is 306 g/mol. The molecule has 0 spiro atoms. The summed E-state index contributed by atoms with van der Waals surface area (Å²) >= 11 is 0. The second kappa shape index (κ2) is 6.91. The van der Waals surface area contributed by atoms with Gasteiger partial charge in [0.25, 0.3) is 0 Å². The molecule has 122 valence electrons. The Kier molecular flexibility index (Phi) is 4.51. The van der Waals surface area contributed by atoms with Crippen LogP contribution < -0.4 is 10.1 Å². The van der Waals surface area contributed by atoms with Crippen molar-refractivity contribution in [1.82, 2.24) is 19.9 Å². The van der Waals surface area contributed by atoms with Crippen molar-refractivity contribution in [3.63, 3.8) is 0 Å². The molecule has 0 radical (unpaired) electrons. The van der Waals surface area contributed by atoms with Gasteiger partial charge in [-0.25, -0.2) is 14.8 Å². The molecule has 0 aliphatic heterocycles. The molecule has 2 N–H and O–H groups in total. The van der Waals surface area contributed by atoms with Crippen LogP contribution in [0.1, 0.15) is 24.2 Å². The van der Waals surface area contributed by atoms with Crippen LogP contribution in [-0.4, -0.2) is 32.4 Å². The number of nitrogens with one attached hydrogen (secondary N) is 2. The fourth-order valence-electron chi connectivity index (χ4n) is 2.09. The lowest BCUT2D eigenvalue weighted by Gasteiger charge is -2.09. The average Bonchev–Trinajstić information content (AvgIpc) is 3.02. The Morgan fingerprint density at radius 1 is 1.29 bits per heavy atom. The number of ether oxygens (including phenoxy) is 1. The van der Waals surface area contributed by atoms with Crippen molar-refractivity contribution in [1.29, 1.82) is 0 Å². The number of carbonyl (C=O) groups excluding carboxylic acids is 1. The largest absolute Gasteiger partial charge is 0.387 e. The first-order chi connectivity index (χ1) is 11.6. The Labute approximate surface area is 138 Å². The molecule has 7 nitrogen and oxygen atoms in total. The molecule has 3 aromatic rings. The van der Waals surface area contributed by atoms with Gasteiger partial charge >= 0.3 is 12.0 Å². The Morgan fingerprint density at radius 2 is 2.12 bits per heavy atom. The van der Waals surface area contributed by atoms with E-state index in [0.717, 1.165) is 0 Å². The van der Waals surface area contributed by atoms with E-state index in [0.29, 0.717) is 29.0 Å². The number of imidazole rings is 1. The van der Waals surface area contributed by atoms with Gasteiger partial charge in [0.15, 0.2) is 5.65 Å². The van der Waals surface area contributed by atoms with E-state index in [-0.39, 0.29) is 6.01 Å². The topological polar surface area (TPSA) is 92.8 Å². The quantitative estimate of drug-likeness (QED) is 0.554. The second-order valence-electron chi connectivity index (χ2n) is 5.39. The first-order valence-corrected chi connectivity index (χ1v) is 7.48. The van der Waals surface area contributed by atoms with E-state index < -0.39 is 5.97 Å². The van der Waals surface area contributed by atoms with E-state index in [4.69, 9.17) is 4.74 Å². The molecule has 7 heteroatoms. The molecule has 0 aliphatic carbocycles. The highest BCUT2D eigenvalue weighted by molar-refractivity contribution is 5.96. The Hall–Kier alpha value is -3.22. The minimum absolute atomic E-state index is 0.0290. The number of aromatic amines is 1. The number of hydrogen-bond donors (Lipinski definition) is 2. The third-order valence-electron chi connectivity index (χ3n) is 3.29. The van der Waals surface area contributed by atoms with Crippen molar-refractivity contribution in [2.45, 2.75) is 13.8 Å². The van der Waals surface area contributed by atoms with Gasteiger partial charge in [-0.15, -0.1) is 0 Å². The first kappa shape index (κ1) is 15.7. The van der Waals surface area contributed by atoms with E-state index in [1.807, 2.05) is 32.1 Å². The standard InChI is InChI=1S/C17H17N5O2/c1-11(2)7-8-18-13-6-4-3-5-12(13)16(23)24-17-19-9-14-15(22-17)21-10-20-14/h3-7,9-10,18H,8H2,1-2H3,(H,19,20,21,22). The zero-order chi connectivity index (χ0) is 16.9. The molecule has 1 aromatic carbocycles. The van der Waals surface area contributed by atoms with Gasteiger partial charge in [0.2, 0.25) is 0 Å². The molecule has 0 fully saturated rings. The zero-order valence-electron chi connectivity index (χ0n) is 13.4. The van der Waals surface area contributed by atoms with Gasteiger partial charge in [-0.3, -0.25) is 0 Å². The number of anilines is 1. The van der Waals surface area contributed by atoms with Crippen LogP contribution in [0.3, 0.4) is 0 Å². The number of benzene rings is 1. The number of aromatic nitrogens is 4. The average molecular weight is 323 g/mol. The number of esters is 1. The summed E-state index contributed by atoms with van der Waals surface area (Å²) in [6, 6.07) is 7.13. The van der Waals surface area contributed by atoms with Gasteiger partial charge in [-0.05, 0) is 26.0 Å². The number of fused-ring (bicyclic) bond motifs is 1. The summed E-state index contributed by atoms with van der Waals surface area (Å²) in [4.78, 5) is 27.4. The summed E-state index contributed by atoms with van der Waals surface area (Å²) in [5.41, 5.74) is 3.44. The van der Waals surface area contributed by atoms with Crippen LogP contribution in [0.15, 0.2) is 48.4 Å². The van der Waals surface area contributed by atoms with Crippen LogP contribution in [0, 0.1) is 0 Å². The Balaban J connectivity index is 1.77. The van der Waals surface area contributed by atoms with Gasteiger partial charge < -0.3 is 15.0 Å².